The highest BCUT2D eigenvalue weighted by Gasteiger charge is 2.11. The standard InChI is InChI=1S/C13H21NO2/c1-4-11(15)9-14-10(2)12-7-5-6-8-13(12)16-3/h5-8,10-11,14-15H,4,9H2,1-3H3/t10-,11?/m1/s1. The summed E-state index contributed by atoms with van der Waals surface area (Å²) < 4.78 is 5.30. The van der Waals surface area contributed by atoms with Gasteiger partial charge in [-0.15, -0.1) is 0 Å². The van der Waals surface area contributed by atoms with Crippen molar-refractivity contribution in [3.05, 3.63) is 29.8 Å². The molecule has 0 radical (unpaired) electrons. The maximum Gasteiger partial charge on any atom is 0.123 e. The van der Waals surface area contributed by atoms with Gasteiger partial charge < -0.3 is 15.2 Å². The number of nitrogens with one attached hydrogen (secondary N) is 1. The first-order chi connectivity index (χ1) is 7.69. The summed E-state index contributed by atoms with van der Waals surface area (Å²) in [7, 11) is 1.67. The molecule has 16 heavy (non-hydrogen) atoms. The van der Waals surface area contributed by atoms with Gasteiger partial charge in [-0.05, 0) is 19.4 Å². The van der Waals surface area contributed by atoms with Gasteiger partial charge in [-0.25, -0.2) is 0 Å². The maximum atomic E-state index is 9.49. The van der Waals surface area contributed by atoms with Crippen LogP contribution in [0.3, 0.4) is 0 Å². The van der Waals surface area contributed by atoms with Gasteiger partial charge in [0, 0.05) is 18.2 Å². The van der Waals surface area contributed by atoms with E-state index in [9.17, 15) is 5.11 Å². The number of para-hydroxylation sites is 1. The molecule has 1 unspecified atom stereocenters. The lowest BCUT2D eigenvalue weighted by Crippen LogP contribution is -2.28. The van der Waals surface area contributed by atoms with Gasteiger partial charge in [-0.3, -0.25) is 0 Å². The van der Waals surface area contributed by atoms with E-state index in [2.05, 4.69) is 12.2 Å². The third-order valence-corrected chi connectivity index (χ3v) is 2.74. The molecule has 0 saturated carbocycles. The summed E-state index contributed by atoms with van der Waals surface area (Å²) in [5, 5.41) is 12.8. The number of methoxy groups -OCH3 is 1. The number of ether oxygens (including phenoxy) is 1. The van der Waals surface area contributed by atoms with Crippen LogP contribution in [-0.2, 0) is 0 Å². The lowest BCUT2D eigenvalue weighted by atomic mass is 10.1. The topological polar surface area (TPSA) is 41.5 Å². The van der Waals surface area contributed by atoms with E-state index in [4.69, 9.17) is 4.74 Å². The minimum absolute atomic E-state index is 0.178. The SMILES string of the molecule is CCC(O)CN[C@H](C)c1ccccc1OC. The average molecular weight is 223 g/mol. The molecule has 1 aromatic carbocycles. The summed E-state index contributed by atoms with van der Waals surface area (Å²) in [5.74, 6) is 0.883. The van der Waals surface area contributed by atoms with Crippen molar-refractivity contribution in [1.82, 2.24) is 5.32 Å². The lowest BCUT2D eigenvalue weighted by molar-refractivity contribution is 0.163. The Hall–Kier alpha value is -1.06. The fourth-order valence-electron chi connectivity index (χ4n) is 1.59. The van der Waals surface area contributed by atoms with Gasteiger partial charge in [0.1, 0.15) is 5.75 Å². The van der Waals surface area contributed by atoms with E-state index in [-0.39, 0.29) is 12.1 Å². The summed E-state index contributed by atoms with van der Waals surface area (Å²) in [6.07, 6.45) is 0.489. The summed E-state index contributed by atoms with van der Waals surface area (Å²) in [4.78, 5) is 0. The molecule has 0 aromatic heterocycles. The molecule has 0 saturated heterocycles. The number of rotatable bonds is 6. The van der Waals surface area contributed by atoms with Gasteiger partial charge in [0.15, 0.2) is 0 Å². The van der Waals surface area contributed by atoms with Gasteiger partial charge in [-0.1, -0.05) is 25.1 Å². The summed E-state index contributed by atoms with van der Waals surface area (Å²) in [6, 6.07) is 8.11. The zero-order chi connectivity index (χ0) is 12.0. The van der Waals surface area contributed by atoms with Crippen LogP contribution in [0.2, 0.25) is 0 Å². The Bertz CT molecular complexity index is 315. The molecule has 1 rings (SSSR count). The van der Waals surface area contributed by atoms with Gasteiger partial charge >= 0.3 is 0 Å². The van der Waals surface area contributed by atoms with Gasteiger partial charge in [-0.2, -0.15) is 0 Å². The number of aliphatic hydroxyl groups is 1. The van der Waals surface area contributed by atoms with E-state index in [0.29, 0.717) is 6.54 Å². The van der Waals surface area contributed by atoms with Crippen LogP contribution in [0.4, 0.5) is 0 Å². The van der Waals surface area contributed by atoms with Crippen LogP contribution in [0, 0.1) is 0 Å². The van der Waals surface area contributed by atoms with Gasteiger partial charge in [0.25, 0.3) is 0 Å². The number of hydrogen-bond acceptors (Lipinski definition) is 3. The van der Waals surface area contributed by atoms with Crippen molar-refractivity contribution in [2.45, 2.75) is 32.4 Å². The second kappa shape index (κ2) is 6.51. The van der Waals surface area contributed by atoms with Crippen LogP contribution in [-0.4, -0.2) is 24.9 Å². The Balaban J connectivity index is 2.61. The van der Waals surface area contributed by atoms with E-state index in [1.165, 1.54) is 0 Å². The molecule has 0 bridgehead atoms. The smallest absolute Gasteiger partial charge is 0.123 e. The molecule has 1 aromatic rings. The zero-order valence-electron chi connectivity index (χ0n) is 10.2. The van der Waals surface area contributed by atoms with Crippen LogP contribution in [0.1, 0.15) is 31.9 Å². The van der Waals surface area contributed by atoms with Crippen molar-refractivity contribution in [3.8, 4) is 5.75 Å². The zero-order valence-corrected chi connectivity index (χ0v) is 10.2. The lowest BCUT2D eigenvalue weighted by Gasteiger charge is -2.18. The highest BCUT2D eigenvalue weighted by molar-refractivity contribution is 5.35. The molecule has 0 aliphatic carbocycles. The summed E-state index contributed by atoms with van der Waals surface area (Å²) >= 11 is 0. The first-order valence-electron chi connectivity index (χ1n) is 5.73. The molecule has 2 atom stereocenters. The fourth-order valence-corrected chi connectivity index (χ4v) is 1.59. The van der Waals surface area contributed by atoms with Gasteiger partial charge in [0.2, 0.25) is 0 Å². The maximum absolute atomic E-state index is 9.49. The Labute approximate surface area is 97.4 Å². The Morgan fingerprint density at radius 1 is 1.38 bits per heavy atom. The normalized spacial score (nSPS) is 14.5. The van der Waals surface area contributed by atoms with Crippen LogP contribution in [0.5, 0.6) is 5.75 Å². The predicted molar refractivity (Wildman–Crippen MR) is 65.7 cm³/mol. The largest absolute Gasteiger partial charge is 0.496 e. The number of aliphatic hydroxyl groups excluding tert-OH is 1. The van der Waals surface area contributed by atoms with Crippen molar-refractivity contribution in [1.29, 1.82) is 0 Å². The van der Waals surface area contributed by atoms with Crippen LogP contribution < -0.4 is 10.1 Å². The molecular formula is C13H21NO2. The minimum atomic E-state index is -0.280. The molecule has 0 aliphatic rings. The molecule has 0 spiro atoms. The van der Waals surface area contributed by atoms with E-state index in [1.807, 2.05) is 31.2 Å². The van der Waals surface area contributed by atoms with E-state index < -0.39 is 0 Å². The van der Waals surface area contributed by atoms with Crippen molar-refractivity contribution in [3.63, 3.8) is 0 Å². The average Bonchev–Trinajstić information content (AvgIpc) is 2.35. The highest BCUT2D eigenvalue weighted by atomic mass is 16.5. The van der Waals surface area contributed by atoms with Crippen LogP contribution >= 0.6 is 0 Å². The molecular weight excluding hydrogens is 202 g/mol. The molecule has 3 heteroatoms. The van der Waals surface area contributed by atoms with Gasteiger partial charge in [0.05, 0.1) is 13.2 Å². The molecule has 3 nitrogen and oxygen atoms in total. The molecule has 90 valence electrons. The van der Waals surface area contributed by atoms with E-state index in [0.717, 1.165) is 17.7 Å². The Morgan fingerprint density at radius 3 is 2.69 bits per heavy atom. The van der Waals surface area contributed by atoms with Crippen molar-refractivity contribution in [2.75, 3.05) is 13.7 Å². The Morgan fingerprint density at radius 2 is 2.06 bits per heavy atom. The molecule has 2 N–H and O–H groups in total. The second-order valence-electron chi connectivity index (χ2n) is 3.93. The van der Waals surface area contributed by atoms with Crippen LogP contribution in [0.15, 0.2) is 24.3 Å². The van der Waals surface area contributed by atoms with Crippen molar-refractivity contribution in [2.24, 2.45) is 0 Å². The van der Waals surface area contributed by atoms with Crippen molar-refractivity contribution >= 4 is 0 Å². The quantitative estimate of drug-likeness (QED) is 0.776. The molecule has 0 fully saturated rings. The van der Waals surface area contributed by atoms with E-state index >= 15 is 0 Å². The molecule has 0 amide bonds. The number of benzene rings is 1. The minimum Gasteiger partial charge on any atom is -0.496 e. The number of hydrogen-bond donors (Lipinski definition) is 2. The van der Waals surface area contributed by atoms with Crippen LogP contribution in [0.25, 0.3) is 0 Å². The molecule has 0 heterocycles. The van der Waals surface area contributed by atoms with E-state index in [1.54, 1.807) is 7.11 Å². The summed E-state index contributed by atoms with van der Waals surface area (Å²) in [5.41, 5.74) is 1.12. The third kappa shape index (κ3) is 3.51. The second-order valence-corrected chi connectivity index (χ2v) is 3.93. The summed E-state index contributed by atoms with van der Waals surface area (Å²) in [6.45, 7) is 4.65. The third-order valence-electron chi connectivity index (χ3n) is 2.74. The van der Waals surface area contributed by atoms with Crippen molar-refractivity contribution < 1.29 is 9.84 Å². The predicted octanol–water partition coefficient (Wildman–Crippen LogP) is 2.12. The first kappa shape index (κ1) is 13.0. The monoisotopic (exact) mass is 223 g/mol. The molecule has 0 aliphatic heterocycles. The highest BCUT2D eigenvalue weighted by Crippen LogP contribution is 2.24. The fraction of sp³-hybridized carbons (Fsp3) is 0.538. The first-order valence-corrected chi connectivity index (χ1v) is 5.73. The Kier molecular flexibility index (Phi) is 5.29.